The number of hydrogen-bond acceptors (Lipinski definition) is 5. The molecule has 0 spiro atoms. The van der Waals surface area contributed by atoms with Gasteiger partial charge in [-0.1, -0.05) is 24.3 Å². The monoisotopic (exact) mass is 424 g/mol. The van der Waals surface area contributed by atoms with Crippen molar-refractivity contribution in [3.05, 3.63) is 54.1 Å². The number of anilines is 2. The first-order chi connectivity index (χ1) is 15.0. The Morgan fingerprint density at radius 2 is 1.71 bits per heavy atom. The van der Waals surface area contributed by atoms with E-state index in [-0.39, 0.29) is 43.2 Å². The number of nitrogens with zero attached hydrogens (tertiary/aromatic N) is 1. The first-order valence-electron chi connectivity index (χ1n) is 9.93. The van der Waals surface area contributed by atoms with Crippen molar-refractivity contribution in [2.45, 2.75) is 19.3 Å². The van der Waals surface area contributed by atoms with Crippen molar-refractivity contribution in [2.75, 3.05) is 29.9 Å². The Morgan fingerprint density at radius 1 is 0.968 bits per heavy atom. The standard InChI is InChI=1S/C22H24N4O5/c23-19(27)11-12-24-22(30)15-5-1-2-6-16(15)25-20(28)9-10-21(29)26-13-14-31-18-8-4-3-7-17(18)26/h1-8H,9-14H2,(H2,23,27)(H,24,30)(H,25,28). The van der Waals surface area contributed by atoms with Gasteiger partial charge in [0.25, 0.3) is 5.91 Å². The first kappa shape index (κ1) is 21.8. The quantitative estimate of drug-likeness (QED) is 0.590. The topological polar surface area (TPSA) is 131 Å². The van der Waals surface area contributed by atoms with Gasteiger partial charge in [-0.2, -0.15) is 0 Å². The highest BCUT2D eigenvalue weighted by atomic mass is 16.5. The number of rotatable bonds is 8. The minimum absolute atomic E-state index is 0.0209. The van der Waals surface area contributed by atoms with Crippen LogP contribution >= 0.6 is 0 Å². The van der Waals surface area contributed by atoms with Crippen LogP contribution in [0, 0.1) is 0 Å². The molecule has 0 unspecified atom stereocenters. The Balaban J connectivity index is 1.56. The fourth-order valence-corrected chi connectivity index (χ4v) is 3.18. The van der Waals surface area contributed by atoms with Gasteiger partial charge in [0.2, 0.25) is 17.7 Å². The third kappa shape index (κ3) is 5.81. The molecule has 31 heavy (non-hydrogen) atoms. The van der Waals surface area contributed by atoms with Crippen LogP contribution in [0.4, 0.5) is 11.4 Å². The van der Waals surface area contributed by atoms with E-state index < -0.39 is 11.8 Å². The SMILES string of the molecule is NC(=O)CCNC(=O)c1ccccc1NC(=O)CCC(=O)N1CCOc2ccccc21. The van der Waals surface area contributed by atoms with E-state index >= 15 is 0 Å². The molecule has 1 aliphatic heterocycles. The average molecular weight is 424 g/mol. The molecule has 0 aromatic heterocycles. The molecule has 3 rings (SSSR count). The molecule has 2 aromatic carbocycles. The maximum absolute atomic E-state index is 12.7. The fraction of sp³-hybridized carbons (Fsp3) is 0.273. The van der Waals surface area contributed by atoms with Gasteiger partial charge in [-0.3, -0.25) is 19.2 Å². The number of nitrogens with one attached hydrogen (secondary N) is 2. The molecule has 1 heterocycles. The maximum Gasteiger partial charge on any atom is 0.253 e. The highest BCUT2D eigenvalue weighted by Gasteiger charge is 2.23. The average Bonchev–Trinajstić information content (AvgIpc) is 2.77. The molecule has 0 aliphatic carbocycles. The molecule has 162 valence electrons. The number of fused-ring (bicyclic) bond motifs is 1. The van der Waals surface area contributed by atoms with Gasteiger partial charge >= 0.3 is 0 Å². The van der Waals surface area contributed by atoms with Crippen LogP contribution < -0.4 is 26.0 Å². The van der Waals surface area contributed by atoms with Crippen molar-refractivity contribution in [3.8, 4) is 5.75 Å². The summed E-state index contributed by atoms with van der Waals surface area (Å²) in [5.41, 5.74) is 6.34. The van der Waals surface area contributed by atoms with Crippen LogP contribution in [0.3, 0.4) is 0 Å². The lowest BCUT2D eigenvalue weighted by molar-refractivity contribution is -0.122. The van der Waals surface area contributed by atoms with Gasteiger partial charge in [0.15, 0.2) is 0 Å². The van der Waals surface area contributed by atoms with Gasteiger partial charge in [-0.15, -0.1) is 0 Å². The Kier molecular flexibility index (Phi) is 7.21. The lowest BCUT2D eigenvalue weighted by Crippen LogP contribution is -2.38. The summed E-state index contributed by atoms with van der Waals surface area (Å²) in [4.78, 5) is 49.8. The Labute approximate surface area is 179 Å². The van der Waals surface area contributed by atoms with Crippen LogP contribution in [0.2, 0.25) is 0 Å². The van der Waals surface area contributed by atoms with Crippen LogP contribution in [-0.2, 0) is 14.4 Å². The van der Waals surface area contributed by atoms with Gasteiger partial charge in [0.05, 0.1) is 23.5 Å². The molecule has 0 bridgehead atoms. The largest absolute Gasteiger partial charge is 0.490 e. The molecule has 0 fully saturated rings. The Morgan fingerprint density at radius 3 is 2.52 bits per heavy atom. The zero-order valence-electron chi connectivity index (χ0n) is 16.9. The predicted molar refractivity (Wildman–Crippen MR) is 115 cm³/mol. The van der Waals surface area contributed by atoms with Gasteiger partial charge in [-0.05, 0) is 24.3 Å². The van der Waals surface area contributed by atoms with Crippen LogP contribution in [0.5, 0.6) is 5.75 Å². The summed E-state index contributed by atoms with van der Waals surface area (Å²) in [5.74, 6) is -0.869. The zero-order valence-corrected chi connectivity index (χ0v) is 16.9. The fourth-order valence-electron chi connectivity index (χ4n) is 3.18. The molecule has 9 nitrogen and oxygen atoms in total. The summed E-state index contributed by atoms with van der Waals surface area (Å²) in [7, 11) is 0. The van der Waals surface area contributed by atoms with E-state index in [1.165, 1.54) is 0 Å². The van der Waals surface area contributed by atoms with Crippen LogP contribution in [-0.4, -0.2) is 43.3 Å². The Bertz CT molecular complexity index is 991. The van der Waals surface area contributed by atoms with E-state index in [1.54, 1.807) is 41.3 Å². The molecular formula is C22H24N4O5. The van der Waals surface area contributed by atoms with Crippen molar-refractivity contribution in [1.82, 2.24) is 5.32 Å². The van der Waals surface area contributed by atoms with Crippen molar-refractivity contribution >= 4 is 35.0 Å². The first-order valence-corrected chi connectivity index (χ1v) is 9.93. The molecule has 1 aliphatic rings. The minimum Gasteiger partial charge on any atom is -0.490 e. The van der Waals surface area contributed by atoms with Crippen molar-refractivity contribution < 1.29 is 23.9 Å². The third-order valence-corrected chi connectivity index (χ3v) is 4.70. The van der Waals surface area contributed by atoms with Crippen LogP contribution in [0.1, 0.15) is 29.6 Å². The second-order valence-electron chi connectivity index (χ2n) is 6.93. The van der Waals surface area contributed by atoms with Crippen molar-refractivity contribution in [1.29, 1.82) is 0 Å². The summed E-state index contributed by atoms with van der Waals surface area (Å²) in [6, 6.07) is 13.8. The number of ether oxygens (including phenoxy) is 1. The molecule has 0 radical (unpaired) electrons. The number of hydrogen-bond donors (Lipinski definition) is 3. The molecule has 4 N–H and O–H groups in total. The minimum atomic E-state index is -0.519. The summed E-state index contributed by atoms with van der Waals surface area (Å²) < 4.78 is 5.55. The lowest BCUT2D eigenvalue weighted by atomic mass is 10.1. The maximum atomic E-state index is 12.7. The van der Waals surface area contributed by atoms with E-state index in [4.69, 9.17) is 10.5 Å². The van der Waals surface area contributed by atoms with Crippen LogP contribution in [0.15, 0.2) is 48.5 Å². The molecular weight excluding hydrogens is 400 g/mol. The molecule has 4 amide bonds. The number of nitrogens with two attached hydrogens (primary N) is 1. The van der Waals surface area contributed by atoms with Gasteiger partial charge in [0, 0.05) is 25.8 Å². The predicted octanol–water partition coefficient (Wildman–Crippen LogP) is 1.44. The highest BCUT2D eigenvalue weighted by molar-refractivity contribution is 6.05. The normalized spacial score (nSPS) is 12.3. The van der Waals surface area contributed by atoms with Gasteiger partial charge in [0.1, 0.15) is 12.4 Å². The summed E-state index contributed by atoms with van der Waals surface area (Å²) in [5, 5.41) is 5.26. The van der Waals surface area contributed by atoms with Crippen LogP contribution in [0.25, 0.3) is 0 Å². The summed E-state index contributed by atoms with van der Waals surface area (Å²) in [6.07, 6.45) is 0.0101. The number of amides is 4. The van der Waals surface area contributed by atoms with E-state index in [2.05, 4.69) is 10.6 Å². The number of primary amides is 1. The molecule has 9 heteroatoms. The van der Waals surface area contributed by atoms with Gasteiger partial charge < -0.3 is 26.0 Å². The van der Waals surface area contributed by atoms with E-state index in [9.17, 15) is 19.2 Å². The molecule has 0 saturated heterocycles. The van der Waals surface area contributed by atoms with E-state index in [0.717, 1.165) is 0 Å². The number of benzene rings is 2. The van der Waals surface area contributed by atoms with Crippen molar-refractivity contribution in [3.63, 3.8) is 0 Å². The van der Waals surface area contributed by atoms with Gasteiger partial charge in [-0.25, -0.2) is 0 Å². The smallest absolute Gasteiger partial charge is 0.253 e. The third-order valence-electron chi connectivity index (χ3n) is 4.70. The summed E-state index contributed by atoms with van der Waals surface area (Å²) in [6.45, 7) is 0.922. The number of carbonyl (C=O) groups is 4. The van der Waals surface area contributed by atoms with E-state index in [1.807, 2.05) is 12.1 Å². The molecule has 0 saturated carbocycles. The highest BCUT2D eigenvalue weighted by Crippen LogP contribution is 2.31. The Hall–Kier alpha value is -3.88. The number of carbonyl (C=O) groups excluding carboxylic acids is 4. The second kappa shape index (κ2) is 10.2. The number of para-hydroxylation sites is 3. The second-order valence-corrected chi connectivity index (χ2v) is 6.93. The van der Waals surface area contributed by atoms with Crippen molar-refractivity contribution in [2.24, 2.45) is 5.73 Å². The van der Waals surface area contributed by atoms with E-state index in [0.29, 0.717) is 30.3 Å². The lowest BCUT2D eigenvalue weighted by Gasteiger charge is -2.29. The molecule has 0 atom stereocenters. The summed E-state index contributed by atoms with van der Waals surface area (Å²) >= 11 is 0. The molecule has 2 aromatic rings. The zero-order chi connectivity index (χ0) is 22.2.